The molecule has 13 heteroatoms. The van der Waals surface area contributed by atoms with E-state index in [1.165, 1.54) is 4.31 Å². The minimum absolute atomic E-state index is 0.0408. The second-order valence-electron chi connectivity index (χ2n) is 13.8. The zero-order valence-corrected chi connectivity index (χ0v) is 28.4. The molecule has 0 spiro atoms. The Labute approximate surface area is 286 Å². The third-order valence-electron chi connectivity index (χ3n) is 10.5. The van der Waals surface area contributed by atoms with Gasteiger partial charge in [0.05, 0.1) is 28.8 Å². The van der Waals surface area contributed by atoms with Crippen LogP contribution in [0.1, 0.15) is 54.4 Å². The standard InChI is InChI=1S/C36H42N4O8S/c1-25-16-27(19-37)9-10-32(25)28-11-14-39(15-12-28)49(45,46)24-36(33(41)42)17-29-20-38(21-30(29)18-36)34(43)48-23-31-8-5-13-40(31)35(44)47-22-26-6-3-2-4-7-26/h2-4,6-7,9-11,16,29-31H,5,8,12-15,17-18,20-24H2,1H3,(H,41,42)/t29-,30-,31-/m0/s1. The smallest absolute Gasteiger partial charge is 0.410 e. The first kappa shape index (κ1) is 34.5. The fraction of sp³-hybridized carbons (Fsp3) is 0.500. The molecule has 0 bridgehead atoms. The molecule has 3 atom stereocenters. The van der Waals surface area contributed by atoms with Gasteiger partial charge in [0.1, 0.15) is 13.2 Å². The van der Waals surface area contributed by atoms with Crippen LogP contribution in [-0.2, 0) is 30.9 Å². The summed E-state index contributed by atoms with van der Waals surface area (Å²) in [4.78, 5) is 41.6. The van der Waals surface area contributed by atoms with Crippen molar-refractivity contribution in [1.29, 1.82) is 5.26 Å². The number of carboxylic acids is 1. The minimum Gasteiger partial charge on any atom is -0.481 e. The SMILES string of the molecule is Cc1cc(C#N)ccc1C1=CCN(S(=O)(=O)CC2(C(=O)O)C[C@H]3CN(C(=O)OC[C@@H]4CCCN4C(=O)OCc4ccccc4)C[C@@H]3C2)CC1. The number of aliphatic carboxylic acids is 1. The zero-order chi connectivity index (χ0) is 34.8. The van der Waals surface area contributed by atoms with Gasteiger partial charge in [0.25, 0.3) is 0 Å². The predicted molar refractivity (Wildman–Crippen MR) is 179 cm³/mol. The number of fused-ring (bicyclic) bond motifs is 1. The largest absolute Gasteiger partial charge is 0.481 e. The van der Waals surface area contributed by atoms with Crippen molar-refractivity contribution in [3.05, 3.63) is 76.9 Å². The van der Waals surface area contributed by atoms with E-state index >= 15 is 0 Å². The van der Waals surface area contributed by atoms with Gasteiger partial charge in [-0.25, -0.2) is 18.0 Å². The Bertz CT molecular complexity index is 1760. The summed E-state index contributed by atoms with van der Waals surface area (Å²) in [5, 5.41) is 19.5. The molecule has 2 aromatic rings. The van der Waals surface area contributed by atoms with Gasteiger partial charge >= 0.3 is 18.2 Å². The van der Waals surface area contributed by atoms with E-state index in [-0.39, 0.29) is 57.0 Å². The number of carbonyl (C=O) groups is 3. The second-order valence-corrected chi connectivity index (χ2v) is 15.7. The van der Waals surface area contributed by atoms with Crippen LogP contribution in [0.25, 0.3) is 5.57 Å². The van der Waals surface area contributed by atoms with Crippen molar-refractivity contribution >= 4 is 33.8 Å². The van der Waals surface area contributed by atoms with Crippen LogP contribution >= 0.6 is 0 Å². The Balaban J connectivity index is 1.00. The Morgan fingerprint density at radius 3 is 2.39 bits per heavy atom. The quantitative estimate of drug-likeness (QED) is 0.396. The average molecular weight is 691 g/mol. The lowest BCUT2D eigenvalue weighted by atomic mass is 9.87. The average Bonchev–Trinajstić information content (AvgIpc) is 3.81. The van der Waals surface area contributed by atoms with Crippen molar-refractivity contribution < 1.29 is 37.4 Å². The molecule has 1 aliphatic carbocycles. The predicted octanol–water partition coefficient (Wildman–Crippen LogP) is 4.64. The van der Waals surface area contributed by atoms with Gasteiger partial charge in [0.15, 0.2) is 0 Å². The normalized spacial score (nSPS) is 23.4. The summed E-state index contributed by atoms with van der Waals surface area (Å²) >= 11 is 0. The number of nitriles is 1. The van der Waals surface area contributed by atoms with E-state index in [9.17, 15) is 27.9 Å². The van der Waals surface area contributed by atoms with Crippen LogP contribution in [0.5, 0.6) is 0 Å². The first-order valence-corrected chi connectivity index (χ1v) is 18.4. The molecule has 0 unspecified atom stereocenters. The maximum absolute atomic E-state index is 13.6. The molecule has 49 heavy (non-hydrogen) atoms. The third kappa shape index (κ3) is 7.45. The van der Waals surface area contributed by atoms with Gasteiger partial charge in [-0.2, -0.15) is 9.57 Å². The van der Waals surface area contributed by atoms with E-state index in [1.807, 2.05) is 55.5 Å². The monoisotopic (exact) mass is 690 g/mol. The van der Waals surface area contributed by atoms with Crippen molar-refractivity contribution in [1.82, 2.24) is 14.1 Å². The highest BCUT2D eigenvalue weighted by Crippen LogP contribution is 2.50. The van der Waals surface area contributed by atoms with Gasteiger partial charge < -0.3 is 24.4 Å². The number of hydrogen-bond donors (Lipinski definition) is 1. The van der Waals surface area contributed by atoms with Crippen LogP contribution in [-0.4, -0.2) is 96.9 Å². The number of amides is 2. The lowest BCUT2D eigenvalue weighted by Crippen LogP contribution is -2.45. The molecule has 2 amide bonds. The van der Waals surface area contributed by atoms with E-state index in [0.29, 0.717) is 38.0 Å². The molecular weight excluding hydrogens is 648 g/mol. The van der Waals surface area contributed by atoms with Crippen LogP contribution in [0.3, 0.4) is 0 Å². The topological polar surface area (TPSA) is 158 Å². The van der Waals surface area contributed by atoms with E-state index in [0.717, 1.165) is 28.7 Å². The summed E-state index contributed by atoms with van der Waals surface area (Å²) in [7, 11) is -3.89. The summed E-state index contributed by atoms with van der Waals surface area (Å²) < 4.78 is 39.7. The number of hydrogen-bond acceptors (Lipinski definition) is 8. The summed E-state index contributed by atoms with van der Waals surface area (Å²) in [5.41, 5.74) is 2.95. The van der Waals surface area contributed by atoms with Gasteiger partial charge in [0.2, 0.25) is 10.0 Å². The number of likely N-dealkylation sites (tertiary alicyclic amines) is 2. The number of aryl methyl sites for hydroxylation is 1. The molecule has 2 aromatic carbocycles. The van der Waals surface area contributed by atoms with E-state index in [2.05, 4.69) is 6.07 Å². The fourth-order valence-corrected chi connectivity index (χ4v) is 9.89. The van der Waals surface area contributed by atoms with Crippen LogP contribution in [0.4, 0.5) is 9.59 Å². The number of benzene rings is 2. The number of carbonyl (C=O) groups excluding carboxylic acids is 2. The Morgan fingerprint density at radius 1 is 1.02 bits per heavy atom. The first-order chi connectivity index (χ1) is 23.5. The molecule has 3 fully saturated rings. The summed E-state index contributed by atoms with van der Waals surface area (Å²) in [6.45, 7) is 3.65. The van der Waals surface area contributed by atoms with Gasteiger partial charge in [-0.3, -0.25) is 4.79 Å². The van der Waals surface area contributed by atoms with E-state index < -0.39 is 39.3 Å². The third-order valence-corrected chi connectivity index (χ3v) is 12.6. The second kappa shape index (κ2) is 14.2. The molecule has 3 aliphatic heterocycles. The maximum atomic E-state index is 13.6. The lowest BCUT2D eigenvalue weighted by molar-refractivity contribution is -0.147. The van der Waals surface area contributed by atoms with Crippen LogP contribution in [0.2, 0.25) is 0 Å². The summed E-state index contributed by atoms with van der Waals surface area (Å²) in [6.07, 6.45) is 3.20. The molecule has 3 heterocycles. The number of rotatable bonds is 9. The Morgan fingerprint density at radius 2 is 1.76 bits per heavy atom. The molecule has 2 saturated heterocycles. The highest BCUT2D eigenvalue weighted by molar-refractivity contribution is 7.89. The zero-order valence-electron chi connectivity index (χ0n) is 27.6. The van der Waals surface area contributed by atoms with Crippen LogP contribution in [0, 0.1) is 35.5 Å². The Kier molecular flexibility index (Phi) is 9.99. The van der Waals surface area contributed by atoms with Crippen LogP contribution in [0.15, 0.2) is 54.6 Å². The van der Waals surface area contributed by atoms with Crippen molar-refractivity contribution in [2.24, 2.45) is 17.3 Å². The van der Waals surface area contributed by atoms with Crippen molar-refractivity contribution in [2.75, 3.05) is 45.1 Å². The lowest BCUT2D eigenvalue weighted by Gasteiger charge is -2.32. The molecule has 1 N–H and O–H groups in total. The molecule has 1 saturated carbocycles. The Hall–Kier alpha value is -4.41. The van der Waals surface area contributed by atoms with Gasteiger partial charge in [-0.1, -0.05) is 42.5 Å². The molecule has 6 rings (SSSR count). The molecule has 0 radical (unpaired) electrons. The molecule has 0 aromatic heterocycles. The first-order valence-electron chi connectivity index (χ1n) is 16.8. The van der Waals surface area contributed by atoms with Crippen LogP contribution < -0.4 is 0 Å². The molecule has 260 valence electrons. The van der Waals surface area contributed by atoms with Crippen molar-refractivity contribution in [2.45, 2.75) is 51.7 Å². The van der Waals surface area contributed by atoms with Gasteiger partial charge in [-0.15, -0.1) is 0 Å². The molecular formula is C36H42N4O8S. The molecule has 4 aliphatic rings. The van der Waals surface area contributed by atoms with Gasteiger partial charge in [-0.05, 0) is 85.3 Å². The van der Waals surface area contributed by atoms with E-state index in [4.69, 9.17) is 14.7 Å². The fourth-order valence-electron chi connectivity index (χ4n) is 7.98. The number of nitrogens with zero attached hydrogens (tertiary/aromatic N) is 4. The summed E-state index contributed by atoms with van der Waals surface area (Å²) in [6, 6.07) is 16.7. The maximum Gasteiger partial charge on any atom is 0.410 e. The van der Waals surface area contributed by atoms with Gasteiger partial charge in [0, 0.05) is 32.7 Å². The summed E-state index contributed by atoms with van der Waals surface area (Å²) in [5.74, 6) is -1.91. The number of ether oxygens (including phenoxy) is 2. The van der Waals surface area contributed by atoms with Crippen molar-refractivity contribution in [3.8, 4) is 6.07 Å². The number of sulfonamides is 1. The number of carboxylic acid groups (broad SMARTS) is 1. The highest BCUT2D eigenvalue weighted by atomic mass is 32.2. The highest BCUT2D eigenvalue weighted by Gasteiger charge is 2.56. The minimum atomic E-state index is -3.89. The van der Waals surface area contributed by atoms with Crippen molar-refractivity contribution in [3.63, 3.8) is 0 Å². The molecule has 12 nitrogen and oxygen atoms in total. The van der Waals surface area contributed by atoms with E-state index in [1.54, 1.807) is 15.9 Å².